The summed E-state index contributed by atoms with van der Waals surface area (Å²) in [6.07, 6.45) is 0. The molecule has 0 aromatic heterocycles. The molecule has 0 fully saturated rings. The molecule has 2 aromatic rings. The van der Waals surface area contributed by atoms with E-state index in [9.17, 15) is 14.0 Å². The van der Waals surface area contributed by atoms with Crippen molar-refractivity contribution in [3.8, 4) is 5.75 Å². The van der Waals surface area contributed by atoms with Gasteiger partial charge in [-0.1, -0.05) is 24.3 Å². The van der Waals surface area contributed by atoms with E-state index in [1.807, 2.05) is 12.1 Å². The molecule has 0 aliphatic heterocycles. The fraction of sp³-hybridized carbons (Fsp3) is 0.263. The van der Waals surface area contributed by atoms with Crippen molar-refractivity contribution in [3.63, 3.8) is 0 Å². The number of halogens is 1. The zero-order valence-electron chi connectivity index (χ0n) is 14.4. The highest BCUT2D eigenvalue weighted by molar-refractivity contribution is 5.86. The minimum absolute atomic E-state index is 0.287. The van der Waals surface area contributed by atoms with E-state index in [0.29, 0.717) is 5.75 Å². The van der Waals surface area contributed by atoms with Gasteiger partial charge in [0, 0.05) is 6.92 Å². The SMILES string of the molecule is COc1ccc(C(NC(=O)C(C)NC(C)=O)c2ccc(F)cc2)cc1. The van der Waals surface area contributed by atoms with E-state index in [1.165, 1.54) is 19.1 Å². The first kappa shape index (κ1) is 18.4. The van der Waals surface area contributed by atoms with Crippen molar-refractivity contribution in [3.05, 3.63) is 65.5 Å². The van der Waals surface area contributed by atoms with Gasteiger partial charge in [-0.05, 0) is 42.3 Å². The summed E-state index contributed by atoms with van der Waals surface area (Å²) in [5, 5.41) is 5.44. The molecule has 2 unspecified atom stereocenters. The molecule has 2 N–H and O–H groups in total. The van der Waals surface area contributed by atoms with Gasteiger partial charge in [0.15, 0.2) is 0 Å². The van der Waals surface area contributed by atoms with Crippen LogP contribution in [0.5, 0.6) is 5.75 Å². The minimum Gasteiger partial charge on any atom is -0.497 e. The molecule has 0 bridgehead atoms. The van der Waals surface area contributed by atoms with Gasteiger partial charge in [0.1, 0.15) is 17.6 Å². The number of carbonyl (C=O) groups excluding carboxylic acids is 2. The van der Waals surface area contributed by atoms with Gasteiger partial charge < -0.3 is 15.4 Å². The van der Waals surface area contributed by atoms with Crippen LogP contribution in [-0.4, -0.2) is 25.0 Å². The Kier molecular flexibility index (Phi) is 6.11. The zero-order valence-corrected chi connectivity index (χ0v) is 14.4. The Hall–Kier alpha value is -2.89. The Morgan fingerprint density at radius 2 is 1.48 bits per heavy atom. The van der Waals surface area contributed by atoms with Crippen LogP contribution in [0, 0.1) is 5.82 Å². The molecule has 2 atom stereocenters. The molecular formula is C19H21FN2O3. The Morgan fingerprint density at radius 1 is 0.960 bits per heavy atom. The Balaban J connectivity index is 2.29. The van der Waals surface area contributed by atoms with Crippen LogP contribution in [-0.2, 0) is 9.59 Å². The lowest BCUT2D eigenvalue weighted by Gasteiger charge is -2.22. The van der Waals surface area contributed by atoms with Crippen molar-refractivity contribution in [2.24, 2.45) is 0 Å². The van der Waals surface area contributed by atoms with Crippen molar-refractivity contribution >= 4 is 11.8 Å². The average molecular weight is 344 g/mol. The third-order valence-corrected chi connectivity index (χ3v) is 3.75. The van der Waals surface area contributed by atoms with Gasteiger partial charge in [-0.15, -0.1) is 0 Å². The molecule has 25 heavy (non-hydrogen) atoms. The summed E-state index contributed by atoms with van der Waals surface area (Å²) in [5.41, 5.74) is 1.55. The van der Waals surface area contributed by atoms with Crippen molar-refractivity contribution in [1.29, 1.82) is 0 Å². The monoisotopic (exact) mass is 344 g/mol. The lowest BCUT2D eigenvalue weighted by molar-refractivity contribution is -0.127. The highest BCUT2D eigenvalue weighted by Gasteiger charge is 2.21. The standard InChI is InChI=1S/C19H21FN2O3/c1-12(21-13(2)23)19(24)22-18(14-4-8-16(20)9-5-14)15-6-10-17(25-3)11-7-15/h4-12,18H,1-3H3,(H,21,23)(H,22,24). The molecule has 0 spiro atoms. The number of nitrogens with one attached hydrogen (secondary N) is 2. The van der Waals surface area contributed by atoms with Gasteiger partial charge >= 0.3 is 0 Å². The van der Waals surface area contributed by atoms with Crippen LogP contribution < -0.4 is 15.4 Å². The Labute approximate surface area is 146 Å². The molecule has 132 valence electrons. The lowest BCUT2D eigenvalue weighted by atomic mass is 9.98. The second-order valence-electron chi connectivity index (χ2n) is 5.69. The average Bonchev–Trinajstić information content (AvgIpc) is 2.60. The second-order valence-corrected chi connectivity index (χ2v) is 5.69. The van der Waals surface area contributed by atoms with Crippen LogP contribution >= 0.6 is 0 Å². The second kappa shape index (κ2) is 8.28. The van der Waals surface area contributed by atoms with Gasteiger partial charge in [0.05, 0.1) is 13.2 Å². The van der Waals surface area contributed by atoms with E-state index < -0.39 is 12.1 Å². The van der Waals surface area contributed by atoms with Crippen LogP contribution in [0.2, 0.25) is 0 Å². The zero-order chi connectivity index (χ0) is 18.4. The number of methoxy groups -OCH3 is 1. The van der Waals surface area contributed by atoms with Crippen LogP contribution in [0.25, 0.3) is 0 Å². The smallest absolute Gasteiger partial charge is 0.243 e. The van der Waals surface area contributed by atoms with Crippen LogP contribution in [0.1, 0.15) is 31.0 Å². The molecule has 0 saturated heterocycles. The van der Waals surface area contributed by atoms with E-state index in [2.05, 4.69) is 10.6 Å². The van der Waals surface area contributed by atoms with E-state index in [-0.39, 0.29) is 17.6 Å². The predicted octanol–water partition coefficient (Wildman–Crippen LogP) is 2.56. The van der Waals surface area contributed by atoms with E-state index in [0.717, 1.165) is 11.1 Å². The molecule has 0 aliphatic carbocycles. The van der Waals surface area contributed by atoms with Crippen LogP contribution in [0.3, 0.4) is 0 Å². The summed E-state index contributed by atoms with van der Waals surface area (Å²) >= 11 is 0. The summed E-state index contributed by atoms with van der Waals surface area (Å²) in [6, 6.07) is 12.0. The first-order chi connectivity index (χ1) is 11.9. The Morgan fingerprint density at radius 3 is 1.96 bits per heavy atom. The van der Waals surface area contributed by atoms with E-state index in [1.54, 1.807) is 38.3 Å². The highest BCUT2D eigenvalue weighted by atomic mass is 19.1. The van der Waals surface area contributed by atoms with Crippen molar-refractivity contribution in [1.82, 2.24) is 10.6 Å². The Bertz CT molecular complexity index is 729. The van der Waals surface area contributed by atoms with Gasteiger partial charge in [-0.3, -0.25) is 9.59 Å². The number of rotatable bonds is 6. The van der Waals surface area contributed by atoms with Crippen molar-refractivity contribution < 1.29 is 18.7 Å². The minimum atomic E-state index is -0.682. The first-order valence-electron chi connectivity index (χ1n) is 7.87. The maximum Gasteiger partial charge on any atom is 0.243 e. The van der Waals surface area contributed by atoms with Gasteiger partial charge in [0.2, 0.25) is 11.8 Å². The fourth-order valence-corrected chi connectivity index (χ4v) is 2.45. The number of benzene rings is 2. The molecule has 0 radical (unpaired) electrons. The topological polar surface area (TPSA) is 67.4 Å². The van der Waals surface area contributed by atoms with Crippen LogP contribution in [0.4, 0.5) is 4.39 Å². The predicted molar refractivity (Wildman–Crippen MR) is 92.7 cm³/mol. The number of carbonyl (C=O) groups is 2. The summed E-state index contributed by atoms with van der Waals surface area (Å²) in [7, 11) is 1.57. The molecule has 0 saturated carbocycles. The van der Waals surface area contributed by atoms with Crippen molar-refractivity contribution in [2.45, 2.75) is 25.9 Å². The molecule has 0 heterocycles. The van der Waals surface area contributed by atoms with Gasteiger partial charge in [0.25, 0.3) is 0 Å². The number of hydrogen-bond acceptors (Lipinski definition) is 3. The van der Waals surface area contributed by atoms with Crippen LogP contribution in [0.15, 0.2) is 48.5 Å². The number of amides is 2. The van der Waals surface area contributed by atoms with Gasteiger partial charge in [-0.25, -0.2) is 4.39 Å². The molecule has 6 heteroatoms. The molecule has 2 rings (SSSR count). The molecule has 5 nitrogen and oxygen atoms in total. The summed E-state index contributed by atoms with van der Waals surface area (Å²) < 4.78 is 18.4. The summed E-state index contributed by atoms with van der Waals surface area (Å²) in [5.74, 6) is -0.277. The molecule has 0 aliphatic rings. The third kappa shape index (κ3) is 5.04. The third-order valence-electron chi connectivity index (χ3n) is 3.75. The van der Waals surface area contributed by atoms with Gasteiger partial charge in [-0.2, -0.15) is 0 Å². The highest BCUT2D eigenvalue weighted by Crippen LogP contribution is 2.24. The molecule has 2 aromatic carbocycles. The molecular weight excluding hydrogens is 323 g/mol. The lowest BCUT2D eigenvalue weighted by Crippen LogP contribution is -2.45. The number of hydrogen-bond donors (Lipinski definition) is 2. The maximum atomic E-state index is 13.2. The normalized spacial score (nSPS) is 12.8. The van der Waals surface area contributed by atoms with E-state index >= 15 is 0 Å². The fourth-order valence-electron chi connectivity index (χ4n) is 2.45. The molecule has 2 amide bonds. The summed E-state index contributed by atoms with van der Waals surface area (Å²) in [6.45, 7) is 2.96. The van der Waals surface area contributed by atoms with E-state index in [4.69, 9.17) is 4.74 Å². The van der Waals surface area contributed by atoms with Crippen molar-refractivity contribution in [2.75, 3.05) is 7.11 Å². The number of ether oxygens (including phenoxy) is 1. The summed E-state index contributed by atoms with van der Waals surface area (Å²) in [4.78, 5) is 23.5. The maximum absolute atomic E-state index is 13.2. The largest absolute Gasteiger partial charge is 0.497 e. The quantitative estimate of drug-likeness (QED) is 0.846. The first-order valence-corrected chi connectivity index (χ1v) is 7.87.